The molecule has 26 N–H and O–H groups in total. The quantitative estimate of drug-likeness (QED) is 0.0123. The van der Waals surface area contributed by atoms with Gasteiger partial charge in [-0.05, 0) is 65.2 Å². The third-order valence-corrected chi connectivity index (χ3v) is 10.3. The second kappa shape index (κ2) is 34.3. The van der Waals surface area contributed by atoms with E-state index in [0.29, 0.717) is 0 Å². The highest BCUT2D eigenvalue weighted by molar-refractivity contribution is 7.80. The summed E-state index contributed by atoms with van der Waals surface area (Å²) in [4.78, 5) is 134. The summed E-state index contributed by atoms with van der Waals surface area (Å²) in [6, 6.07) is -10.2. The number of hydrogen-bond donors (Lipinski definition) is 19. The summed E-state index contributed by atoms with van der Waals surface area (Å²) in [6.45, 7) is 4.08. The van der Waals surface area contributed by atoms with Gasteiger partial charge in [-0.15, -0.1) is 0 Å². The molecule has 0 radical (unpaired) electrons. The number of nitrogens with zero attached hydrogens (tertiary/aromatic N) is 4. The first-order valence-corrected chi connectivity index (χ1v) is 23.2. The van der Waals surface area contributed by atoms with E-state index in [9.17, 15) is 43.2 Å². The average molecular weight is 1030 g/mol. The largest absolute Gasteiger partial charge is 0.370 e. The Morgan fingerprint density at radius 1 is 0.371 bits per heavy atom. The zero-order valence-electron chi connectivity index (χ0n) is 39.6. The molecule has 0 saturated carbocycles. The average Bonchev–Trinajstić information content (AvgIpc) is 3.27. The molecule has 0 aromatic heterocycles. The van der Waals surface area contributed by atoms with Gasteiger partial charge in [-0.25, -0.2) is 0 Å². The van der Waals surface area contributed by atoms with Crippen molar-refractivity contribution in [2.24, 2.45) is 71.6 Å². The van der Waals surface area contributed by atoms with Crippen LogP contribution in [-0.2, 0) is 43.2 Å². The molecular formula is C38H73N21O9S2. The molecule has 0 unspecified atom stereocenters. The highest BCUT2D eigenvalue weighted by Gasteiger charge is 2.33. The first-order chi connectivity index (χ1) is 32.8. The van der Waals surface area contributed by atoms with Gasteiger partial charge in [0.05, 0.1) is 0 Å². The van der Waals surface area contributed by atoms with E-state index >= 15 is 0 Å². The van der Waals surface area contributed by atoms with Crippen molar-refractivity contribution in [3.05, 3.63) is 0 Å². The number of amides is 9. The van der Waals surface area contributed by atoms with Crippen LogP contribution in [-0.4, -0.2) is 163 Å². The predicted molar refractivity (Wildman–Crippen MR) is 269 cm³/mol. The summed E-state index contributed by atoms with van der Waals surface area (Å²) in [5.41, 5.74) is 48.9. The van der Waals surface area contributed by atoms with E-state index in [1.807, 2.05) is 0 Å². The lowest BCUT2D eigenvalue weighted by atomic mass is 10.0. The van der Waals surface area contributed by atoms with Crippen LogP contribution < -0.4 is 94.1 Å². The lowest BCUT2D eigenvalue weighted by molar-refractivity contribution is -0.135. The van der Waals surface area contributed by atoms with E-state index in [2.05, 4.69) is 87.8 Å². The second-order valence-electron chi connectivity index (χ2n) is 15.6. The van der Waals surface area contributed by atoms with Crippen LogP contribution in [0.5, 0.6) is 0 Å². The molecule has 0 aliphatic heterocycles. The highest BCUT2D eigenvalue weighted by Crippen LogP contribution is 2.08. The lowest BCUT2D eigenvalue weighted by Crippen LogP contribution is -2.60. The number of rotatable bonds is 34. The van der Waals surface area contributed by atoms with Crippen LogP contribution in [0.3, 0.4) is 0 Å². The summed E-state index contributed by atoms with van der Waals surface area (Å²) in [6.07, 6.45) is 0.469. The van der Waals surface area contributed by atoms with Crippen molar-refractivity contribution in [2.75, 3.05) is 37.7 Å². The standard InChI is InChI=1S/C38H73N21O9S2/c1-18(28(62)55-21(27(39)61)8-4-12-48-35(40)41)52-30(64)22(9-5-13-49-36(42)43)57-32(66)24(11-7-15-51-38(46)47)58-31(65)23(10-6-14-50-37(44)45)56-29(63)19(2)53-33(67)26(17-70)59-34(68)25(16-69)54-20(3)60/h18-19,21-26,69-70H,4-17H2,1-3H3,(H2,39,61)(H,52,64)(H,53,67)(H,54,60)(H,55,62)(H,56,63)(H,57,66)(H,58,65)(H,59,68)(H4,40,41,48)(H4,42,43,49)(H4,44,45,50)(H4,46,47,51)/t18-,19-,21-,22-,23-,24-,25-,26-/m0/s1. The molecule has 0 aliphatic carbocycles. The van der Waals surface area contributed by atoms with Gasteiger partial charge in [-0.3, -0.25) is 63.1 Å². The second-order valence-corrected chi connectivity index (χ2v) is 16.3. The van der Waals surface area contributed by atoms with E-state index in [0.717, 1.165) is 0 Å². The molecule has 0 spiro atoms. The molecule has 0 saturated heterocycles. The van der Waals surface area contributed by atoms with Crippen molar-refractivity contribution in [3.8, 4) is 0 Å². The minimum absolute atomic E-state index is 0.0176. The maximum atomic E-state index is 14.1. The van der Waals surface area contributed by atoms with Crippen LogP contribution in [0, 0.1) is 0 Å². The van der Waals surface area contributed by atoms with Crippen LogP contribution >= 0.6 is 25.3 Å². The number of hydrogen-bond acceptors (Lipinski definition) is 15. The Morgan fingerprint density at radius 2 is 0.614 bits per heavy atom. The molecule has 0 aromatic rings. The van der Waals surface area contributed by atoms with Gasteiger partial charge in [0.2, 0.25) is 53.2 Å². The van der Waals surface area contributed by atoms with Gasteiger partial charge in [-0.2, -0.15) is 25.3 Å². The number of carbonyl (C=O) groups excluding carboxylic acids is 9. The van der Waals surface area contributed by atoms with Crippen molar-refractivity contribution in [1.82, 2.24) is 42.5 Å². The number of primary amides is 1. The van der Waals surface area contributed by atoms with Gasteiger partial charge in [0.25, 0.3) is 0 Å². The fourth-order valence-corrected chi connectivity index (χ4v) is 6.42. The van der Waals surface area contributed by atoms with Crippen LogP contribution in [0.4, 0.5) is 0 Å². The molecule has 0 bridgehead atoms. The van der Waals surface area contributed by atoms with Crippen molar-refractivity contribution in [2.45, 2.75) is 120 Å². The molecular weight excluding hydrogens is 959 g/mol. The first-order valence-electron chi connectivity index (χ1n) is 21.9. The molecule has 0 rings (SSSR count). The molecule has 9 amide bonds. The van der Waals surface area contributed by atoms with E-state index in [-0.39, 0.29) is 113 Å². The number of carbonyl (C=O) groups is 9. The van der Waals surface area contributed by atoms with Crippen molar-refractivity contribution in [1.29, 1.82) is 0 Å². The van der Waals surface area contributed by atoms with Gasteiger partial charge in [0, 0.05) is 44.6 Å². The molecule has 70 heavy (non-hydrogen) atoms. The van der Waals surface area contributed by atoms with E-state index in [4.69, 9.17) is 51.6 Å². The van der Waals surface area contributed by atoms with E-state index in [1.54, 1.807) is 0 Å². The Hall–Kier alpha value is -6.99. The van der Waals surface area contributed by atoms with E-state index < -0.39 is 101 Å². The topological polar surface area (TPSA) is 533 Å². The molecule has 0 fully saturated rings. The molecule has 30 nitrogen and oxygen atoms in total. The Morgan fingerprint density at radius 3 is 0.914 bits per heavy atom. The number of thiol groups is 2. The number of nitrogens with two attached hydrogens (primary N) is 9. The summed E-state index contributed by atoms with van der Waals surface area (Å²) in [5, 5.41) is 20.0. The monoisotopic (exact) mass is 1030 g/mol. The maximum Gasteiger partial charge on any atom is 0.244 e. The van der Waals surface area contributed by atoms with Crippen LogP contribution in [0.1, 0.15) is 72.1 Å². The minimum Gasteiger partial charge on any atom is -0.370 e. The summed E-state index contributed by atoms with van der Waals surface area (Å²) in [5.74, 6) is -8.32. The van der Waals surface area contributed by atoms with Crippen molar-refractivity contribution in [3.63, 3.8) is 0 Å². The highest BCUT2D eigenvalue weighted by atomic mass is 32.1. The fraction of sp³-hybridized carbons (Fsp3) is 0.658. The number of guanidine groups is 4. The van der Waals surface area contributed by atoms with Gasteiger partial charge < -0.3 is 94.1 Å². The Kier molecular flexibility index (Phi) is 30.9. The molecule has 32 heteroatoms. The maximum absolute atomic E-state index is 14.1. The van der Waals surface area contributed by atoms with E-state index in [1.165, 1.54) is 20.8 Å². The van der Waals surface area contributed by atoms with Crippen molar-refractivity contribution < 1.29 is 43.2 Å². The lowest BCUT2D eigenvalue weighted by Gasteiger charge is -2.27. The fourth-order valence-electron chi connectivity index (χ4n) is 5.91. The Balaban J connectivity index is 6.56. The van der Waals surface area contributed by atoms with Crippen LogP contribution in [0.2, 0.25) is 0 Å². The van der Waals surface area contributed by atoms with Crippen LogP contribution in [0.25, 0.3) is 0 Å². The van der Waals surface area contributed by atoms with Crippen molar-refractivity contribution >= 4 is 102 Å². The smallest absolute Gasteiger partial charge is 0.244 e. The summed E-state index contributed by atoms with van der Waals surface area (Å²) < 4.78 is 0. The van der Waals surface area contributed by atoms with Gasteiger partial charge in [0.15, 0.2) is 23.8 Å². The SMILES string of the molecule is CC(=O)N[C@@H](CS)C(=O)N[C@@H](CS)C(=O)N[C@@H](C)C(=O)N[C@@H](CCCN=C(N)N)C(=O)N[C@@H](CCCN=C(N)N)C(=O)N[C@@H](CCCN=C(N)N)C(=O)N[C@@H](C)C(=O)N[C@@H](CCCN=C(N)N)C(N)=O. The summed E-state index contributed by atoms with van der Waals surface area (Å²) in [7, 11) is 0. The molecule has 0 heterocycles. The predicted octanol–water partition coefficient (Wildman–Crippen LogP) is -8.52. The third kappa shape index (κ3) is 27.7. The summed E-state index contributed by atoms with van der Waals surface area (Å²) >= 11 is 8.19. The molecule has 396 valence electrons. The number of aliphatic imine (C=N–C) groups is 4. The zero-order valence-corrected chi connectivity index (χ0v) is 41.4. The third-order valence-electron chi connectivity index (χ3n) is 9.54. The minimum atomic E-state index is -1.40. The molecule has 0 aromatic carbocycles. The van der Waals surface area contributed by atoms with Crippen LogP contribution in [0.15, 0.2) is 20.0 Å². The normalized spacial score (nSPS) is 14.0. The molecule has 8 atom stereocenters. The first kappa shape index (κ1) is 63.0. The Labute approximate surface area is 416 Å². The zero-order chi connectivity index (χ0) is 53.5. The molecule has 0 aliphatic rings. The number of nitrogens with one attached hydrogen (secondary N) is 8. The van der Waals surface area contributed by atoms with Gasteiger partial charge in [-0.1, -0.05) is 0 Å². The van der Waals surface area contributed by atoms with Gasteiger partial charge in [0.1, 0.15) is 48.3 Å². The Bertz CT molecular complexity index is 1890. The van der Waals surface area contributed by atoms with Gasteiger partial charge >= 0.3 is 0 Å².